The van der Waals surface area contributed by atoms with Gasteiger partial charge in [0.15, 0.2) is 0 Å². The fourth-order valence-electron chi connectivity index (χ4n) is 2.35. The zero-order valence-corrected chi connectivity index (χ0v) is 12.1. The maximum absolute atomic E-state index is 12.5. The second kappa shape index (κ2) is 6.19. The third-order valence-electron chi connectivity index (χ3n) is 3.49. The van der Waals surface area contributed by atoms with Crippen LogP contribution in [-0.2, 0) is 4.74 Å². The Balaban J connectivity index is 2.21. The van der Waals surface area contributed by atoms with Crippen molar-refractivity contribution in [2.45, 2.75) is 26.0 Å². The van der Waals surface area contributed by atoms with Crippen molar-refractivity contribution in [3.05, 3.63) is 39.4 Å². The summed E-state index contributed by atoms with van der Waals surface area (Å²) in [5.74, 6) is -0.226. The van der Waals surface area contributed by atoms with Crippen LogP contribution >= 0.6 is 0 Å². The van der Waals surface area contributed by atoms with Crippen molar-refractivity contribution in [1.29, 1.82) is 0 Å². The molecule has 0 aliphatic carbocycles. The Hall–Kier alpha value is -1.99. The molecule has 0 saturated carbocycles. The van der Waals surface area contributed by atoms with Gasteiger partial charge in [-0.15, -0.1) is 0 Å². The smallest absolute Gasteiger partial charge is 0.270 e. The van der Waals surface area contributed by atoms with E-state index in [2.05, 4.69) is 0 Å². The van der Waals surface area contributed by atoms with E-state index in [0.29, 0.717) is 30.8 Å². The Morgan fingerprint density at radius 3 is 2.86 bits per heavy atom. The van der Waals surface area contributed by atoms with Gasteiger partial charge in [-0.2, -0.15) is 0 Å². The molecule has 1 saturated heterocycles. The molecule has 1 aliphatic heterocycles. The van der Waals surface area contributed by atoms with Gasteiger partial charge in [0, 0.05) is 36.8 Å². The number of nitro groups is 1. The zero-order valence-electron chi connectivity index (χ0n) is 12.1. The predicted octanol–water partition coefficient (Wildman–Crippen LogP) is 1.09. The summed E-state index contributed by atoms with van der Waals surface area (Å²) < 4.78 is 5.51. The minimum Gasteiger partial charge on any atom is -0.373 e. The summed E-state index contributed by atoms with van der Waals surface area (Å²) in [7, 11) is 0. The summed E-state index contributed by atoms with van der Waals surface area (Å²) in [4.78, 5) is 24.5. The van der Waals surface area contributed by atoms with Gasteiger partial charge in [0.05, 0.1) is 17.6 Å². The molecule has 1 aromatic carbocycles. The van der Waals surface area contributed by atoms with Crippen LogP contribution in [0, 0.1) is 17.0 Å². The van der Waals surface area contributed by atoms with Gasteiger partial charge in [0.25, 0.3) is 11.6 Å². The van der Waals surface area contributed by atoms with Crippen molar-refractivity contribution < 1.29 is 14.5 Å². The second-order valence-electron chi connectivity index (χ2n) is 5.33. The first-order valence-electron chi connectivity index (χ1n) is 6.81. The molecule has 0 bridgehead atoms. The largest absolute Gasteiger partial charge is 0.373 e. The lowest BCUT2D eigenvalue weighted by Crippen LogP contribution is -2.51. The molecule has 2 atom stereocenters. The van der Waals surface area contributed by atoms with Crippen molar-refractivity contribution in [3.63, 3.8) is 0 Å². The SMILES string of the molecule is Cc1cc(C(=O)N2CCOC(C(C)N)C2)cc([N+](=O)[O-])c1. The van der Waals surface area contributed by atoms with Crippen LogP contribution in [0.4, 0.5) is 5.69 Å². The van der Waals surface area contributed by atoms with E-state index in [1.807, 2.05) is 6.92 Å². The predicted molar refractivity (Wildman–Crippen MR) is 77.1 cm³/mol. The first-order chi connectivity index (χ1) is 9.88. The number of carbonyl (C=O) groups is 1. The van der Waals surface area contributed by atoms with Gasteiger partial charge in [0.1, 0.15) is 0 Å². The van der Waals surface area contributed by atoms with E-state index in [1.54, 1.807) is 17.9 Å². The van der Waals surface area contributed by atoms with Crippen LogP contribution in [0.15, 0.2) is 18.2 Å². The lowest BCUT2D eigenvalue weighted by Gasteiger charge is -2.34. The molecule has 1 aliphatic rings. The molecule has 114 valence electrons. The van der Waals surface area contributed by atoms with Crippen molar-refractivity contribution in [1.82, 2.24) is 4.90 Å². The van der Waals surface area contributed by atoms with Crippen LogP contribution in [0.25, 0.3) is 0 Å². The van der Waals surface area contributed by atoms with Crippen LogP contribution in [0.5, 0.6) is 0 Å². The number of hydrogen-bond donors (Lipinski definition) is 1. The van der Waals surface area contributed by atoms with E-state index in [4.69, 9.17) is 10.5 Å². The number of non-ortho nitro benzene ring substituents is 1. The number of amides is 1. The Labute approximate surface area is 122 Å². The van der Waals surface area contributed by atoms with Gasteiger partial charge in [-0.05, 0) is 25.5 Å². The summed E-state index contributed by atoms with van der Waals surface area (Å²) >= 11 is 0. The van der Waals surface area contributed by atoms with Crippen LogP contribution in [0.3, 0.4) is 0 Å². The molecule has 2 rings (SSSR count). The van der Waals surface area contributed by atoms with E-state index < -0.39 is 4.92 Å². The van der Waals surface area contributed by atoms with Crippen LogP contribution in [0.2, 0.25) is 0 Å². The molecule has 21 heavy (non-hydrogen) atoms. The number of morpholine rings is 1. The summed E-state index contributed by atoms with van der Waals surface area (Å²) in [5.41, 5.74) is 6.74. The highest BCUT2D eigenvalue weighted by Crippen LogP contribution is 2.19. The molecule has 0 radical (unpaired) electrons. The standard InChI is InChI=1S/C14H19N3O4/c1-9-5-11(7-12(6-9)17(19)20)14(18)16-3-4-21-13(8-16)10(2)15/h5-7,10,13H,3-4,8,15H2,1-2H3. The third-order valence-corrected chi connectivity index (χ3v) is 3.49. The van der Waals surface area contributed by atoms with E-state index >= 15 is 0 Å². The number of nitro benzene ring substituents is 1. The van der Waals surface area contributed by atoms with E-state index in [9.17, 15) is 14.9 Å². The highest BCUT2D eigenvalue weighted by atomic mass is 16.6. The molecule has 0 aromatic heterocycles. The topological polar surface area (TPSA) is 98.7 Å². The first kappa shape index (κ1) is 15.4. The number of hydrogen-bond acceptors (Lipinski definition) is 5. The number of nitrogens with zero attached hydrogens (tertiary/aromatic N) is 2. The molecular weight excluding hydrogens is 274 g/mol. The number of nitrogens with two attached hydrogens (primary N) is 1. The van der Waals surface area contributed by atoms with Crippen molar-refractivity contribution >= 4 is 11.6 Å². The zero-order chi connectivity index (χ0) is 15.6. The number of rotatable bonds is 3. The molecule has 1 aromatic rings. The minimum atomic E-state index is -0.492. The van der Waals surface area contributed by atoms with E-state index in [-0.39, 0.29) is 23.7 Å². The maximum Gasteiger partial charge on any atom is 0.270 e. The van der Waals surface area contributed by atoms with Gasteiger partial charge in [0.2, 0.25) is 0 Å². The molecule has 2 N–H and O–H groups in total. The van der Waals surface area contributed by atoms with Gasteiger partial charge in [-0.1, -0.05) is 0 Å². The Morgan fingerprint density at radius 1 is 1.52 bits per heavy atom. The Morgan fingerprint density at radius 2 is 2.24 bits per heavy atom. The molecule has 2 unspecified atom stereocenters. The van der Waals surface area contributed by atoms with Gasteiger partial charge in [-0.3, -0.25) is 14.9 Å². The van der Waals surface area contributed by atoms with Gasteiger partial charge >= 0.3 is 0 Å². The normalized spacial score (nSPS) is 20.1. The molecule has 1 heterocycles. The lowest BCUT2D eigenvalue weighted by atomic mass is 10.1. The monoisotopic (exact) mass is 293 g/mol. The number of carbonyl (C=O) groups excluding carboxylic acids is 1. The molecule has 1 fully saturated rings. The molecular formula is C14H19N3O4. The minimum absolute atomic E-state index is 0.0737. The summed E-state index contributed by atoms with van der Waals surface area (Å²) in [6.45, 7) is 4.85. The first-order valence-corrected chi connectivity index (χ1v) is 6.81. The highest BCUT2D eigenvalue weighted by molar-refractivity contribution is 5.95. The third kappa shape index (κ3) is 3.56. The summed E-state index contributed by atoms with van der Waals surface area (Å²) in [6, 6.07) is 4.24. The van der Waals surface area contributed by atoms with Crippen molar-refractivity contribution in [3.8, 4) is 0 Å². The average molecular weight is 293 g/mol. The van der Waals surface area contributed by atoms with Crippen molar-refractivity contribution in [2.75, 3.05) is 19.7 Å². The fourth-order valence-corrected chi connectivity index (χ4v) is 2.35. The highest BCUT2D eigenvalue weighted by Gasteiger charge is 2.28. The Bertz CT molecular complexity index is 559. The lowest BCUT2D eigenvalue weighted by molar-refractivity contribution is -0.384. The van der Waals surface area contributed by atoms with Crippen LogP contribution < -0.4 is 5.73 Å². The fraction of sp³-hybridized carbons (Fsp3) is 0.500. The maximum atomic E-state index is 12.5. The summed E-state index contributed by atoms with van der Waals surface area (Å²) in [6.07, 6.45) is -0.206. The summed E-state index contributed by atoms with van der Waals surface area (Å²) in [5, 5.41) is 10.9. The average Bonchev–Trinajstić information content (AvgIpc) is 2.45. The van der Waals surface area contributed by atoms with Gasteiger partial charge in [-0.25, -0.2) is 0 Å². The number of aryl methyl sites for hydroxylation is 1. The second-order valence-corrected chi connectivity index (χ2v) is 5.33. The molecule has 7 heteroatoms. The quantitative estimate of drug-likeness (QED) is 0.664. The van der Waals surface area contributed by atoms with Gasteiger partial charge < -0.3 is 15.4 Å². The molecule has 1 amide bonds. The van der Waals surface area contributed by atoms with Crippen LogP contribution in [-0.4, -0.2) is 47.6 Å². The Kier molecular flexibility index (Phi) is 4.54. The number of ether oxygens (including phenoxy) is 1. The molecule has 0 spiro atoms. The van der Waals surface area contributed by atoms with E-state index in [0.717, 1.165) is 0 Å². The molecule has 7 nitrogen and oxygen atoms in total. The van der Waals surface area contributed by atoms with E-state index in [1.165, 1.54) is 12.1 Å². The van der Waals surface area contributed by atoms with Crippen molar-refractivity contribution in [2.24, 2.45) is 5.73 Å². The number of benzene rings is 1. The van der Waals surface area contributed by atoms with Crippen LogP contribution in [0.1, 0.15) is 22.8 Å².